The Morgan fingerprint density at radius 2 is 2.17 bits per heavy atom. The van der Waals surface area contributed by atoms with Gasteiger partial charge in [-0.15, -0.1) is 0 Å². The Morgan fingerprint density at radius 1 is 1.39 bits per heavy atom. The molecule has 5 nitrogen and oxygen atoms in total. The zero-order chi connectivity index (χ0) is 13.1. The summed E-state index contributed by atoms with van der Waals surface area (Å²) in [6, 6.07) is 4.18. The maximum absolute atomic E-state index is 13.0. The second-order valence-electron chi connectivity index (χ2n) is 3.56. The average molecular weight is 248 g/mol. The Morgan fingerprint density at radius 3 is 2.83 bits per heavy atom. The lowest BCUT2D eigenvalue weighted by atomic mass is 10.2. The van der Waals surface area contributed by atoms with Crippen molar-refractivity contribution in [3.63, 3.8) is 0 Å². The summed E-state index contributed by atoms with van der Waals surface area (Å²) < 4.78 is 18.3. The van der Waals surface area contributed by atoms with E-state index in [1.54, 1.807) is 6.92 Å². The molecule has 0 saturated heterocycles. The van der Waals surface area contributed by atoms with Crippen LogP contribution in [0.4, 0.5) is 4.39 Å². The van der Waals surface area contributed by atoms with Crippen LogP contribution in [0.2, 0.25) is 0 Å². The van der Waals surface area contributed by atoms with Gasteiger partial charge in [0.2, 0.25) is 5.88 Å². The van der Waals surface area contributed by atoms with E-state index in [1.807, 2.05) is 0 Å². The first-order valence-electron chi connectivity index (χ1n) is 5.05. The number of carboxylic acids is 1. The Balaban J connectivity index is 2.25. The number of ether oxygens (including phenoxy) is 1. The maximum Gasteiger partial charge on any atom is 0.356 e. The van der Waals surface area contributed by atoms with Crippen LogP contribution in [0.5, 0.6) is 11.6 Å². The fourth-order valence-electron chi connectivity index (χ4n) is 1.30. The molecule has 0 aliphatic heterocycles. The minimum absolute atomic E-state index is 0.0425. The molecule has 0 spiro atoms. The highest BCUT2D eigenvalue weighted by atomic mass is 19.1. The Labute approximate surface area is 102 Å². The number of carboxylic acid groups (broad SMARTS) is 1. The first-order valence-corrected chi connectivity index (χ1v) is 5.05. The van der Waals surface area contributed by atoms with Crippen molar-refractivity contribution in [2.75, 3.05) is 0 Å². The van der Waals surface area contributed by atoms with Gasteiger partial charge in [0.15, 0.2) is 5.69 Å². The summed E-state index contributed by atoms with van der Waals surface area (Å²) in [6.07, 6.45) is 2.40. The summed E-state index contributed by atoms with van der Waals surface area (Å²) in [4.78, 5) is 18.1. The molecule has 18 heavy (non-hydrogen) atoms. The van der Waals surface area contributed by atoms with Crippen molar-refractivity contribution in [3.05, 3.63) is 47.7 Å². The molecule has 0 fully saturated rings. The molecule has 0 aliphatic rings. The standard InChI is InChI=1S/C12H9FN2O3/c1-7-4-8(2-3-9(7)13)18-11-6-14-5-10(15-11)12(16)17/h2-6H,1H3,(H,16,17). The van der Waals surface area contributed by atoms with Gasteiger partial charge >= 0.3 is 5.97 Å². The van der Waals surface area contributed by atoms with Crippen LogP contribution in [0.3, 0.4) is 0 Å². The van der Waals surface area contributed by atoms with Gasteiger partial charge < -0.3 is 9.84 Å². The van der Waals surface area contributed by atoms with Crippen LogP contribution in [-0.4, -0.2) is 21.0 Å². The summed E-state index contributed by atoms with van der Waals surface area (Å²) in [7, 11) is 0. The lowest BCUT2D eigenvalue weighted by Crippen LogP contribution is -2.02. The van der Waals surface area contributed by atoms with Gasteiger partial charge in [-0.05, 0) is 30.7 Å². The quantitative estimate of drug-likeness (QED) is 0.902. The SMILES string of the molecule is Cc1cc(Oc2cncc(C(=O)O)n2)ccc1F. The molecular formula is C12H9FN2O3. The number of hydrogen-bond donors (Lipinski definition) is 1. The summed E-state index contributed by atoms with van der Waals surface area (Å²) in [5.41, 5.74) is 0.209. The van der Waals surface area contributed by atoms with Gasteiger partial charge in [0.05, 0.1) is 12.4 Å². The van der Waals surface area contributed by atoms with Crippen molar-refractivity contribution in [3.8, 4) is 11.6 Å². The molecule has 0 aliphatic carbocycles. The second kappa shape index (κ2) is 4.79. The monoisotopic (exact) mass is 248 g/mol. The van der Waals surface area contributed by atoms with Crippen molar-refractivity contribution in [2.45, 2.75) is 6.92 Å². The molecule has 1 aromatic carbocycles. The van der Waals surface area contributed by atoms with E-state index in [-0.39, 0.29) is 17.4 Å². The molecule has 0 unspecified atom stereocenters. The van der Waals surface area contributed by atoms with Crippen LogP contribution < -0.4 is 4.74 Å². The van der Waals surface area contributed by atoms with Crippen LogP contribution in [0.15, 0.2) is 30.6 Å². The fourth-order valence-corrected chi connectivity index (χ4v) is 1.30. The normalized spacial score (nSPS) is 10.1. The number of nitrogens with zero attached hydrogens (tertiary/aromatic N) is 2. The Bertz CT molecular complexity index is 602. The minimum Gasteiger partial charge on any atom is -0.476 e. The topological polar surface area (TPSA) is 72.3 Å². The third-order valence-corrected chi connectivity index (χ3v) is 2.18. The van der Waals surface area contributed by atoms with Gasteiger partial charge in [-0.3, -0.25) is 4.98 Å². The van der Waals surface area contributed by atoms with Crippen molar-refractivity contribution < 1.29 is 19.0 Å². The number of benzene rings is 1. The molecule has 0 amide bonds. The third kappa shape index (κ3) is 2.60. The Hall–Kier alpha value is -2.50. The van der Waals surface area contributed by atoms with Gasteiger partial charge in [0.25, 0.3) is 0 Å². The fraction of sp³-hybridized carbons (Fsp3) is 0.0833. The lowest BCUT2D eigenvalue weighted by molar-refractivity contribution is 0.0689. The number of rotatable bonds is 3. The zero-order valence-corrected chi connectivity index (χ0v) is 9.42. The molecule has 0 saturated carbocycles. The van der Waals surface area contributed by atoms with Crippen LogP contribution in [0, 0.1) is 12.7 Å². The minimum atomic E-state index is -1.19. The van der Waals surface area contributed by atoms with E-state index in [0.29, 0.717) is 11.3 Å². The van der Waals surface area contributed by atoms with Crippen molar-refractivity contribution in [1.82, 2.24) is 9.97 Å². The van der Waals surface area contributed by atoms with Gasteiger partial charge in [-0.1, -0.05) is 0 Å². The number of aromatic nitrogens is 2. The molecule has 2 aromatic rings. The molecule has 1 N–H and O–H groups in total. The van der Waals surface area contributed by atoms with Crippen LogP contribution in [-0.2, 0) is 0 Å². The van der Waals surface area contributed by atoms with E-state index in [1.165, 1.54) is 24.4 Å². The van der Waals surface area contributed by atoms with Gasteiger partial charge in [-0.2, -0.15) is 0 Å². The highest BCUT2D eigenvalue weighted by Crippen LogP contribution is 2.21. The number of hydrogen-bond acceptors (Lipinski definition) is 4. The van der Waals surface area contributed by atoms with Gasteiger partial charge in [-0.25, -0.2) is 14.2 Å². The van der Waals surface area contributed by atoms with Gasteiger partial charge in [0.1, 0.15) is 11.6 Å². The average Bonchev–Trinajstić information content (AvgIpc) is 2.34. The molecule has 2 rings (SSSR count). The smallest absolute Gasteiger partial charge is 0.356 e. The molecule has 1 heterocycles. The van der Waals surface area contributed by atoms with E-state index in [0.717, 1.165) is 6.20 Å². The molecular weight excluding hydrogens is 239 g/mol. The maximum atomic E-state index is 13.0. The van der Waals surface area contributed by atoms with E-state index in [9.17, 15) is 9.18 Å². The van der Waals surface area contributed by atoms with E-state index >= 15 is 0 Å². The van der Waals surface area contributed by atoms with Crippen LogP contribution in [0.1, 0.15) is 16.1 Å². The third-order valence-electron chi connectivity index (χ3n) is 2.18. The molecule has 92 valence electrons. The first-order chi connectivity index (χ1) is 8.56. The van der Waals surface area contributed by atoms with Crippen LogP contribution in [0.25, 0.3) is 0 Å². The number of carbonyl (C=O) groups is 1. The molecule has 6 heteroatoms. The van der Waals surface area contributed by atoms with Crippen molar-refractivity contribution >= 4 is 5.97 Å². The summed E-state index contributed by atoms with van der Waals surface area (Å²) in [6.45, 7) is 1.60. The highest BCUT2D eigenvalue weighted by molar-refractivity contribution is 5.84. The molecule has 0 atom stereocenters. The predicted octanol–water partition coefficient (Wildman–Crippen LogP) is 2.41. The first kappa shape index (κ1) is 12.0. The van der Waals surface area contributed by atoms with Crippen LogP contribution >= 0.6 is 0 Å². The Kier molecular flexibility index (Phi) is 3.18. The van der Waals surface area contributed by atoms with Crippen molar-refractivity contribution in [1.29, 1.82) is 0 Å². The van der Waals surface area contributed by atoms with E-state index in [4.69, 9.17) is 9.84 Å². The van der Waals surface area contributed by atoms with Crippen molar-refractivity contribution in [2.24, 2.45) is 0 Å². The summed E-state index contributed by atoms with van der Waals surface area (Å²) in [5.74, 6) is -1.12. The zero-order valence-electron chi connectivity index (χ0n) is 9.42. The van der Waals surface area contributed by atoms with E-state index in [2.05, 4.69) is 9.97 Å². The summed E-state index contributed by atoms with van der Waals surface area (Å²) >= 11 is 0. The lowest BCUT2D eigenvalue weighted by Gasteiger charge is -2.05. The number of aromatic carboxylic acids is 1. The predicted molar refractivity (Wildman–Crippen MR) is 60.2 cm³/mol. The second-order valence-corrected chi connectivity index (χ2v) is 3.56. The number of aryl methyl sites for hydroxylation is 1. The number of halogens is 1. The van der Waals surface area contributed by atoms with Gasteiger partial charge in [0, 0.05) is 0 Å². The molecule has 0 radical (unpaired) electrons. The summed E-state index contributed by atoms with van der Waals surface area (Å²) in [5, 5.41) is 8.75. The van der Waals surface area contributed by atoms with E-state index < -0.39 is 5.97 Å². The molecule has 1 aromatic heterocycles. The largest absolute Gasteiger partial charge is 0.476 e. The molecule has 0 bridgehead atoms. The highest BCUT2D eigenvalue weighted by Gasteiger charge is 2.08.